The number of hydrogen-bond acceptors (Lipinski definition) is 3. The minimum Gasteiger partial charge on any atom is -0.383 e. The number of anilines is 1. The van der Waals surface area contributed by atoms with Gasteiger partial charge in [-0.3, -0.25) is 4.79 Å². The number of aromatic nitrogens is 1. The van der Waals surface area contributed by atoms with Crippen LogP contribution in [-0.2, 0) is 0 Å². The summed E-state index contributed by atoms with van der Waals surface area (Å²) in [6, 6.07) is 0.960. The van der Waals surface area contributed by atoms with Crippen molar-refractivity contribution in [3.05, 3.63) is 22.3 Å². The Morgan fingerprint density at radius 3 is 2.50 bits per heavy atom. The van der Waals surface area contributed by atoms with Gasteiger partial charge in [0, 0.05) is 0 Å². The van der Waals surface area contributed by atoms with Crippen LogP contribution in [0.3, 0.4) is 0 Å². The zero-order valence-corrected chi connectivity index (χ0v) is 7.55. The highest BCUT2D eigenvalue weighted by atomic mass is 35.5. The first-order chi connectivity index (χ1) is 6.43. The van der Waals surface area contributed by atoms with Gasteiger partial charge in [0.05, 0.1) is 10.6 Å². The third kappa shape index (κ3) is 1.90. The molecule has 0 radical (unpaired) electrons. The molecule has 0 saturated heterocycles. The van der Waals surface area contributed by atoms with Gasteiger partial charge in [-0.1, -0.05) is 11.6 Å². The third-order valence-electron chi connectivity index (χ3n) is 1.51. The second-order valence-electron chi connectivity index (χ2n) is 2.45. The summed E-state index contributed by atoms with van der Waals surface area (Å²) in [5, 5.41) is -0.318. The molecule has 1 amide bonds. The van der Waals surface area contributed by atoms with Gasteiger partial charge < -0.3 is 11.5 Å². The predicted molar refractivity (Wildman–Crippen MR) is 47.1 cm³/mol. The fourth-order valence-electron chi connectivity index (χ4n) is 0.885. The maximum Gasteiger partial charge on any atom is 0.268 e. The molecule has 0 unspecified atom stereocenters. The van der Waals surface area contributed by atoms with Crippen LogP contribution in [0.2, 0.25) is 5.02 Å². The summed E-state index contributed by atoms with van der Waals surface area (Å²) in [6.07, 6.45) is -2.84. The highest BCUT2D eigenvalue weighted by molar-refractivity contribution is 6.32. The van der Waals surface area contributed by atoms with Crippen LogP contribution in [0.5, 0.6) is 0 Å². The number of nitrogens with two attached hydrogens (primary N) is 2. The summed E-state index contributed by atoms with van der Waals surface area (Å²) in [6.45, 7) is 0. The Morgan fingerprint density at radius 1 is 1.57 bits per heavy atom. The largest absolute Gasteiger partial charge is 0.383 e. The molecule has 0 atom stereocenters. The molecule has 0 aromatic carbocycles. The molecule has 1 heterocycles. The molecule has 4 nitrogen and oxygen atoms in total. The van der Waals surface area contributed by atoms with E-state index in [9.17, 15) is 13.6 Å². The molecule has 1 aromatic heterocycles. The Balaban J connectivity index is 3.32. The predicted octanol–water partition coefficient (Wildman–Crippen LogP) is 1.35. The standard InChI is InChI=1S/C7H6ClF2N3O/c8-2-1-3(7(12)14)13-6(11)4(2)5(9)10/h1,5H,(H2,11,13)(H2,12,14). The van der Waals surface area contributed by atoms with Gasteiger partial charge in [-0.15, -0.1) is 0 Å². The summed E-state index contributed by atoms with van der Waals surface area (Å²) in [4.78, 5) is 14.0. The van der Waals surface area contributed by atoms with Crippen LogP contribution < -0.4 is 11.5 Å². The van der Waals surface area contributed by atoms with Gasteiger partial charge in [0.2, 0.25) is 0 Å². The van der Waals surface area contributed by atoms with Crippen LogP contribution in [-0.4, -0.2) is 10.9 Å². The van der Waals surface area contributed by atoms with E-state index in [0.29, 0.717) is 0 Å². The van der Waals surface area contributed by atoms with Gasteiger partial charge in [-0.25, -0.2) is 13.8 Å². The van der Waals surface area contributed by atoms with Crippen LogP contribution in [0.1, 0.15) is 22.5 Å². The van der Waals surface area contributed by atoms with E-state index in [-0.39, 0.29) is 10.7 Å². The molecule has 0 spiro atoms. The molecular weight excluding hydrogens is 216 g/mol. The number of alkyl halides is 2. The van der Waals surface area contributed by atoms with Crippen molar-refractivity contribution >= 4 is 23.3 Å². The molecule has 1 aromatic rings. The van der Waals surface area contributed by atoms with Crippen molar-refractivity contribution in [3.8, 4) is 0 Å². The van der Waals surface area contributed by atoms with E-state index in [1.165, 1.54) is 0 Å². The van der Waals surface area contributed by atoms with Crippen molar-refractivity contribution in [3.63, 3.8) is 0 Å². The molecule has 0 fully saturated rings. The lowest BCUT2D eigenvalue weighted by molar-refractivity contribution is 0.0995. The third-order valence-corrected chi connectivity index (χ3v) is 1.82. The van der Waals surface area contributed by atoms with Crippen LogP contribution >= 0.6 is 11.6 Å². The number of amides is 1. The van der Waals surface area contributed by atoms with E-state index < -0.39 is 23.7 Å². The lowest BCUT2D eigenvalue weighted by atomic mass is 10.2. The lowest BCUT2D eigenvalue weighted by Crippen LogP contribution is -2.15. The molecule has 0 saturated carbocycles. The van der Waals surface area contributed by atoms with Crippen molar-refractivity contribution in [1.82, 2.24) is 4.98 Å². The van der Waals surface area contributed by atoms with Gasteiger partial charge in [-0.2, -0.15) is 0 Å². The Hall–Kier alpha value is -1.43. The average Bonchev–Trinajstić information content (AvgIpc) is 2.01. The SMILES string of the molecule is NC(=O)c1cc(Cl)c(C(F)F)c(N)n1. The highest BCUT2D eigenvalue weighted by Gasteiger charge is 2.19. The first kappa shape index (κ1) is 10.6. The summed E-state index contributed by atoms with van der Waals surface area (Å²) in [7, 11) is 0. The number of nitrogens with zero attached hydrogens (tertiary/aromatic N) is 1. The first-order valence-corrected chi connectivity index (χ1v) is 3.85. The maximum absolute atomic E-state index is 12.3. The Labute approximate surface area is 82.9 Å². The zero-order chi connectivity index (χ0) is 10.9. The van der Waals surface area contributed by atoms with Gasteiger partial charge in [0.1, 0.15) is 11.5 Å². The number of halogens is 3. The molecule has 0 aliphatic carbocycles. The minimum atomic E-state index is -2.84. The smallest absolute Gasteiger partial charge is 0.268 e. The molecule has 4 N–H and O–H groups in total. The first-order valence-electron chi connectivity index (χ1n) is 3.47. The monoisotopic (exact) mass is 221 g/mol. The number of rotatable bonds is 2. The van der Waals surface area contributed by atoms with E-state index in [1.807, 2.05) is 0 Å². The van der Waals surface area contributed by atoms with E-state index in [4.69, 9.17) is 23.1 Å². The normalized spacial score (nSPS) is 10.6. The second kappa shape index (κ2) is 3.75. The van der Waals surface area contributed by atoms with E-state index >= 15 is 0 Å². The molecule has 0 bridgehead atoms. The maximum atomic E-state index is 12.3. The van der Waals surface area contributed by atoms with Crippen molar-refractivity contribution in [2.24, 2.45) is 5.73 Å². The number of carbonyl (C=O) groups excluding carboxylic acids is 1. The van der Waals surface area contributed by atoms with E-state index in [1.54, 1.807) is 0 Å². The lowest BCUT2D eigenvalue weighted by Gasteiger charge is -2.07. The van der Waals surface area contributed by atoms with Crippen LogP contribution in [0.15, 0.2) is 6.07 Å². The summed E-state index contributed by atoms with van der Waals surface area (Å²) >= 11 is 5.47. The number of pyridine rings is 1. The van der Waals surface area contributed by atoms with Crippen molar-refractivity contribution in [2.45, 2.75) is 6.43 Å². The minimum absolute atomic E-state index is 0.239. The number of nitrogen functional groups attached to an aromatic ring is 1. The number of hydrogen-bond donors (Lipinski definition) is 2. The summed E-state index contributed by atoms with van der Waals surface area (Å²) < 4.78 is 24.6. The van der Waals surface area contributed by atoms with E-state index in [2.05, 4.69) is 4.98 Å². The molecule has 7 heteroatoms. The Kier molecular flexibility index (Phi) is 2.85. The van der Waals surface area contributed by atoms with Gasteiger partial charge in [-0.05, 0) is 6.07 Å². The molecule has 76 valence electrons. The zero-order valence-electron chi connectivity index (χ0n) is 6.80. The summed E-state index contributed by atoms with van der Waals surface area (Å²) in [5.41, 5.74) is 9.23. The van der Waals surface area contributed by atoms with Gasteiger partial charge in [0.15, 0.2) is 0 Å². The van der Waals surface area contributed by atoms with Crippen LogP contribution in [0, 0.1) is 0 Å². The fraction of sp³-hybridized carbons (Fsp3) is 0.143. The molecule has 14 heavy (non-hydrogen) atoms. The fourth-order valence-corrected chi connectivity index (χ4v) is 1.17. The topological polar surface area (TPSA) is 82.0 Å². The van der Waals surface area contributed by atoms with Crippen LogP contribution in [0.25, 0.3) is 0 Å². The second-order valence-corrected chi connectivity index (χ2v) is 2.86. The average molecular weight is 222 g/mol. The molecule has 0 aliphatic rings. The quantitative estimate of drug-likeness (QED) is 0.791. The Bertz CT molecular complexity index is 360. The Morgan fingerprint density at radius 2 is 2.14 bits per heavy atom. The van der Waals surface area contributed by atoms with Crippen LogP contribution in [0.4, 0.5) is 14.6 Å². The van der Waals surface area contributed by atoms with Gasteiger partial charge >= 0.3 is 0 Å². The van der Waals surface area contributed by atoms with E-state index in [0.717, 1.165) is 6.07 Å². The highest BCUT2D eigenvalue weighted by Crippen LogP contribution is 2.31. The van der Waals surface area contributed by atoms with Crippen molar-refractivity contribution < 1.29 is 13.6 Å². The van der Waals surface area contributed by atoms with Crippen molar-refractivity contribution in [2.75, 3.05) is 5.73 Å². The number of primary amides is 1. The van der Waals surface area contributed by atoms with Crippen molar-refractivity contribution in [1.29, 1.82) is 0 Å². The summed E-state index contributed by atoms with van der Waals surface area (Å²) in [5.74, 6) is -1.36. The molecule has 0 aliphatic heterocycles. The van der Waals surface area contributed by atoms with Gasteiger partial charge in [0.25, 0.3) is 12.3 Å². The molecular formula is C7H6ClF2N3O. The number of carbonyl (C=O) groups is 1. The molecule has 1 rings (SSSR count).